The van der Waals surface area contributed by atoms with E-state index in [1.54, 1.807) is 6.08 Å². The lowest BCUT2D eigenvalue weighted by Crippen LogP contribution is -2.57. The van der Waals surface area contributed by atoms with Crippen molar-refractivity contribution in [2.75, 3.05) is 13.2 Å². The summed E-state index contributed by atoms with van der Waals surface area (Å²) in [5, 5.41) is 9.75. The van der Waals surface area contributed by atoms with Crippen molar-refractivity contribution in [3.8, 4) is 0 Å². The van der Waals surface area contributed by atoms with E-state index in [1.807, 2.05) is 13.8 Å². The van der Waals surface area contributed by atoms with Gasteiger partial charge in [0.05, 0.1) is 12.0 Å². The Hall–Kier alpha value is -1.16. The molecule has 3 aliphatic rings. The quantitative estimate of drug-likeness (QED) is 0.728. The third-order valence-corrected chi connectivity index (χ3v) is 5.50. The van der Waals surface area contributed by atoms with E-state index in [-0.39, 0.29) is 24.3 Å². The van der Waals surface area contributed by atoms with Crippen LogP contribution < -0.4 is 0 Å². The van der Waals surface area contributed by atoms with E-state index >= 15 is 0 Å². The van der Waals surface area contributed by atoms with Gasteiger partial charge in [0.15, 0.2) is 5.78 Å². The predicted octanol–water partition coefficient (Wildman–Crippen LogP) is 1.47. The van der Waals surface area contributed by atoms with E-state index in [4.69, 9.17) is 4.74 Å². The maximum absolute atomic E-state index is 12.5. The fourth-order valence-electron chi connectivity index (χ4n) is 4.59. The zero-order valence-electron chi connectivity index (χ0n) is 11.4. The van der Waals surface area contributed by atoms with Crippen LogP contribution in [0.1, 0.15) is 33.1 Å². The Morgan fingerprint density at radius 2 is 2.16 bits per heavy atom. The fourth-order valence-corrected chi connectivity index (χ4v) is 4.59. The molecule has 0 amide bonds. The number of cyclic esters (lactones) is 1. The average Bonchev–Trinajstić information content (AvgIpc) is 2.68. The first-order valence-electron chi connectivity index (χ1n) is 6.96. The van der Waals surface area contributed by atoms with E-state index in [9.17, 15) is 14.7 Å². The minimum atomic E-state index is -0.717. The van der Waals surface area contributed by atoms with Crippen LogP contribution in [0.2, 0.25) is 0 Å². The summed E-state index contributed by atoms with van der Waals surface area (Å²) in [5.74, 6) is -0.664. The second-order valence-corrected chi connectivity index (χ2v) is 6.58. The van der Waals surface area contributed by atoms with Crippen LogP contribution in [0.3, 0.4) is 0 Å². The van der Waals surface area contributed by atoms with Crippen LogP contribution >= 0.6 is 0 Å². The van der Waals surface area contributed by atoms with Crippen LogP contribution in [0.4, 0.5) is 0 Å². The molecule has 3 rings (SSSR count). The Bertz CT molecular complexity index is 481. The zero-order chi connectivity index (χ0) is 13.8. The van der Waals surface area contributed by atoms with E-state index in [1.165, 1.54) is 0 Å². The van der Waals surface area contributed by atoms with Crippen LogP contribution in [0.25, 0.3) is 0 Å². The summed E-state index contributed by atoms with van der Waals surface area (Å²) in [6, 6.07) is 0. The number of hydrogen-bond acceptors (Lipinski definition) is 4. The number of ketones is 1. The van der Waals surface area contributed by atoms with E-state index in [2.05, 4.69) is 0 Å². The number of rotatable bonds is 1. The van der Waals surface area contributed by atoms with E-state index in [0.717, 1.165) is 18.4 Å². The van der Waals surface area contributed by atoms with Gasteiger partial charge in [0.25, 0.3) is 0 Å². The molecule has 19 heavy (non-hydrogen) atoms. The van der Waals surface area contributed by atoms with Gasteiger partial charge in [-0.25, -0.2) is 0 Å². The minimum absolute atomic E-state index is 0.00822. The number of carbonyl (C=O) groups is 2. The largest absolute Gasteiger partial charge is 0.465 e. The van der Waals surface area contributed by atoms with Gasteiger partial charge in [0.2, 0.25) is 0 Å². The summed E-state index contributed by atoms with van der Waals surface area (Å²) in [7, 11) is 0. The van der Waals surface area contributed by atoms with Crippen molar-refractivity contribution in [3.05, 3.63) is 11.6 Å². The Balaban J connectivity index is 2.19. The minimum Gasteiger partial charge on any atom is -0.465 e. The van der Waals surface area contributed by atoms with Gasteiger partial charge in [-0.15, -0.1) is 0 Å². The topological polar surface area (TPSA) is 63.6 Å². The smallest absolute Gasteiger partial charge is 0.313 e. The molecule has 4 heteroatoms. The number of hydrogen-bond donors (Lipinski definition) is 1. The molecule has 1 heterocycles. The first-order valence-corrected chi connectivity index (χ1v) is 6.96. The van der Waals surface area contributed by atoms with Crippen LogP contribution in [0, 0.1) is 22.7 Å². The molecule has 2 fully saturated rings. The molecule has 1 spiro atoms. The van der Waals surface area contributed by atoms with Gasteiger partial charge in [0, 0.05) is 23.9 Å². The molecule has 0 bridgehead atoms. The molecule has 4 atom stereocenters. The van der Waals surface area contributed by atoms with Crippen molar-refractivity contribution in [1.29, 1.82) is 0 Å². The first kappa shape index (κ1) is 12.9. The van der Waals surface area contributed by atoms with Crippen LogP contribution in [-0.2, 0) is 14.3 Å². The summed E-state index contributed by atoms with van der Waals surface area (Å²) in [6.45, 7) is 4.16. The molecule has 4 nitrogen and oxygen atoms in total. The molecule has 0 aromatic carbocycles. The molecular weight excluding hydrogens is 244 g/mol. The van der Waals surface area contributed by atoms with Crippen molar-refractivity contribution in [2.45, 2.75) is 33.1 Å². The van der Waals surface area contributed by atoms with E-state index in [0.29, 0.717) is 13.0 Å². The summed E-state index contributed by atoms with van der Waals surface area (Å²) in [6.07, 6.45) is 4.01. The summed E-state index contributed by atoms with van der Waals surface area (Å²) < 4.78 is 5.30. The molecule has 1 saturated carbocycles. The summed E-state index contributed by atoms with van der Waals surface area (Å²) >= 11 is 0. The third kappa shape index (κ3) is 1.43. The molecule has 1 aliphatic heterocycles. The lowest BCUT2D eigenvalue weighted by atomic mass is 9.48. The second-order valence-electron chi connectivity index (χ2n) is 6.58. The van der Waals surface area contributed by atoms with Crippen molar-refractivity contribution in [1.82, 2.24) is 0 Å². The maximum Gasteiger partial charge on any atom is 0.313 e. The van der Waals surface area contributed by atoms with Gasteiger partial charge in [-0.2, -0.15) is 0 Å². The number of aliphatic hydroxyl groups is 1. The predicted molar refractivity (Wildman–Crippen MR) is 68.2 cm³/mol. The van der Waals surface area contributed by atoms with Crippen molar-refractivity contribution in [2.24, 2.45) is 22.7 Å². The number of ether oxygens (including phenoxy) is 1. The molecule has 2 aliphatic carbocycles. The Morgan fingerprint density at radius 1 is 1.42 bits per heavy atom. The monoisotopic (exact) mass is 264 g/mol. The lowest BCUT2D eigenvalue weighted by molar-refractivity contribution is -0.164. The van der Waals surface area contributed by atoms with Gasteiger partial charge >= 0.3 is 5.97 Å². The SMILES string of the molecule is CC1=CC(=O)[C@H]2[C@@](C)(CO)CCC[C@@]23C(=O)OC[C@@H]13. The highest BCUT2D eigenvalue weighted by atomic mass is 16.5. The molecule has 0 radical (unpaired) electrons. The van der Waals surface area contributed by atoms with Gasteiger partial charge in [0.1, 0.15) is 0 Å². The van der Waals surface area contributed by atoms with Gasteiger partial charge < -0.3 is 9.84 Å². The van der Waals surface area contributed by atoms with Crippen LogP contribution in [0.15, 0.2) is 11.6 Å². The zero-order valence-corrected chi connectivity index (χ0v) is 11.4. The second kappa shape index (κ2) is 3.92. The molecule has 0 unspecified atom stereocenters. The van der Waals surface area contributed by atoms with E-state index < -0.39 is 16.7 Å². The lowest BCUT2D eigenvalue weighted by Gasteiger charge is -2.52. The van der Waals surface area contributed by atoms with Crippen molar-refractivity contribution >= 4 is 11.8 Å². The highest BCUT2D eigenvalue weighted by molar-refractivity contribution is 6.00. The number of allylic oxidation sites excluding steroid dienone is 1. The average molecular weight is 264 g/mol. The van der Waals surface area contributed by atoms with Gasteiger partial charge in [-0.1, -0.05) is 18.9 Å². The number of carbonyl (C=O) groups excluding carboxylic acids is 2. The van der Waals surface area contributed by atoms with Crippen molar-refractivity contribution in [3.63, 3.8) is 0 Å². The Kier molecular flexibility index (Phi) is 2.65. The molecular formula is C15H20O4. The first-order chi connectivity index (χ1) is 8.95. The fraction of sp³-hybridized carbons (Fsp3) is 0.733. The Morgan fingerprint density at radius 3 is 2.84 bits per heavy atom. The Labute approximate surface area is 112 Å². The molecule has 1 saturated heterocycles. The normalized spacial score (nSPS) is 45.3. The maximum atomic E-state index is 12.5. The standard InChI is InChI=1S/C15H20O4/c1-9-6-11(17)12-14(2,8-16)4-3-5-15(12)10(9)7-19-13(15)18/h6,10,12,16H,3-5,7-8H2,1-2H3/t10-,12-,14+,15-/m0/s1. The molecule has 0 aromatic rings. The molecule has 1 N–H and O–H groups in total. The van der Waals surface area contributed by atoms with Gasteiger partial charge in [-0.3, -0.25) is 9.59 Å². The highest BCUT2D eigenvalue weighted by Crippen LogP contribution is 2.61. The third-order valence-electron chi connectivity index (χ3n) is 5.50. The van der Waals surface area contributed by atoms with Crippen molar-refractivity contribution < 1.29 is 19.4 Å². The molecule has 104 valence electrons. The number of aliphatic hydroxyl groups excluding tert-OH is 1. The molecule has 0 aromatic heterocycles. The number of esters is 1. The summed E-state index contributed by atoms with van der Waals surface area (Å²) in [4.78, 5) is 24.9. The highest BCUT2D eigenvalue weighted by Gasteiger charge is 2.66. The summed E-state index contributed by atoms with van der Waals surface area (Å²) in [5.41, 5.74) is -0.269. The van der Waals surface area contributed by atoms with Crippen LogP contribution in [0.5, 0.6) is 0 Å². The van der Waals surface area contributed by atoms with Crippen LogP contribution in [-0.4, -0.2) is 30.1 Å². The van der Waals surface area contributed by atoms with Gasteiger partial charge in [-0.05, 0) is 25.8 Å².